The van der Waals surface area contributed by atoms with Gasteiger partial charge in [-0.1, -0.05) is 0 Å². The largest absolute Gasteiger partial charge is 0.466 e. The first-order chi connectivity index (χ1) is 7.67. The third kappa shape index (κ3) is 6.81. The van der Waals surface area contributed by atoms with Gasteiger partial charge in [0, 0.05) is 13.1 Å². The van der Waals surface area contributed by atoms with Crippen molar-refractivity contribution in [2.75, 3.05) is 13.7 Å². The quantitative estimate of drug-likeness (QED) is 0.712. The fraction of sp³-hybridized carbons (Fsp3) is 0.833. The first kappa shape index (κ1) is 15.7. The van der Waals surface area contributed by atoms with Crippen molar-refractivity contribution in [1.82, 2.24) is 4.90 Å². The van der Waals surface area contributed by atoms with Gasteiger partial charge in [0.05, 0.1) is 13.0 Å². The summed E-state index contributed by atoms with van der Waals surface area (Å²) in [6.45, 7) is 9.28. The highest BCUT2D eigenvalue weighted by atomic mass is 16.6. The fourth-order valence-corrected chi connectivity index (χ4v) is 1.11. The second-order valence-corrected chi connectivity index (χ2v) is 4.95. The third-order valence-electron chi connectivity index (χ3n) is 2.11. The molecule has 0 aromatic heterocycles. The van der Waals surface area contributed by atoms with E-state index in [9.17, 15) is 9.59 Å². The Labute approximate surface area is 103 Å². The second kappa shape index (κ2) is 6.47. The van der Waals surface area contributed by atoms with Crippen molar-refractivity contribution in [3.8, 4) is 0 Å². The van der Waals surface area contributed by atoms with Gasteiger partial charge in [0.25, 0.3) is 0 Å². The topological polar surface area (TPSA) is 55.8 Å². The lowest BCUT2D eigenvalue weighted by Crippen LogP contribution is -2.40. The van der Waals surface area contributed by atoms with E-state index in [4.69, 9.17) is 9.47 Å². The van der Waals surface area contributed by atoms with E-state index in [2.05, 4.69) is 0 Å². The van der Waals surface area contributed by atoms with Crippen molar-refractivity contribution in [1.29, 1.82) is 0 Å². The Balaban J connectivity index is 4.25. The van der Waals surface area contributed by atoms with E-state index in [1.807, 2.05) is 0 Å². The van der Waals surface area contributed by atoms with Crippen molar-refractivity contribution in [2.45, 2.75) is 52.7 Å². The molecule has 0 radical (unpaired) electrons. The summed E-state index contributed by atoms with van der Waals surface area (Å²) in [4.78, 5) is 24.4. The molecule has 100 valence electrons. The molecule has 1 amide bonds. The molecule has 0 N–H and O–H groups in total. The van der Waals surface area contributed by atoms with Gasteiger partial charge in [0.15, 0.2) is 0 Å². The molecule has 17 heavy (non-hydrogen) atoms. The molecule has 0 heterocycles. The normalized spacial score (nSPS) is 12.8. The van der Waals surface area contributed by atoms with Crippen LogP contribution in [0.5, 0.6) is 0 Å². The molecule has 0 aromatic rings. The summed E-state index contributed by atoms with van der Waals surface area (Å²) in [6.07, 6.45) is -0.266. The van der Waals surface area contributed by atoms with Crippen LogP contribution < -0.4 is 0 Å². The van der Waals surface area contributed by atoms with E-state index in [0.29, 0.717) is 6.61 Å². The van der Waals surface area contributed by atoms with Crippen molar-refractivity contribution in [2.24, 2.45) is 0 Å². The minimum atomic E-state index is -0.533. The lowest BCUT2D eigenvalue weighted by Gasteiger charge is -2.28. The highest BCUT2D eigenvalue weighted by molar-refractivity contribution is 5.72. The Kier molecular flexibility index (Phi) is 5.99. The summed E-state index contributed by atoms with van der Waals surface area (Å²) in [5, 5.41) is 0. The zero-order chi connectivity index (χ0) is 13.6. The fourth-order valence-electron chi connectivity index (χ4n) is 1.11. The van der Waals surface area contributed by atoms with E-state index in [-0.39, 0.29) is 18.4 Å². The highest BCUT2D eigenvalue weighted by Gasteiger charge is 2.24. The number of nitrogens with zero attached hydrogens (tertiary/aromatic N) is 1. The van der Waals surface area contributed by atoms with Gasteiger partial charge in [-0.25, -0.2) is 4.79 Å². The van der Waals surface area contributed by atoms with Gasteiger partial charge < -0.3 is 14.4 Å². The van der Waals surface area contributed by atoms with Crippen LogP contribution in [0.2, 0.25) is 0 Å². The Bertz CT molecular complexity index is 270. The van der Waals surface area contributed by atoms with Crippen molar-refractivity contribution < 1.29 is 19.1 Å². The van der Waals surface area contributed by atoms with Gasteiger partial charge in [-0.3, -0.25) is 4.79 Å². The summed E-state index contributed by atoms with van der Waals surface area (Å²) in [5.74, 6) is -0.310. The average Bonchev–Trinajstić information content (AvgIpc) is 2.13. The molecule has 0 spiro atoms. The van der Waals surface area contributed by atoms with E-state index in [1.54, 1.807) is 41.7 Å². The molecule has 0 aromatic carbocycles. The second-order valence-electron chi connectivity index (χ2n) is 4.95. The van der Waals surface area contributed by atoms with Crippen LogP contribution in [-0.4, -0.2) is 42.3 Å². The smallest absolute Gasteiger partial charge is 0.410 e. The van der Waals surface area contributed by atoms with E-state index in [0.717, 1.165) is 0 Å². The molecule has 0 aliphatic carbocycles. The molecule has 0 aliphatic heterocycles. The van der Waals surface area contributed by atoms with E-state index < -0.39 is 11.7 Å². The number of hydrogen-bond donors (Lipinski definition) is 0. The number of ether oxygens (including phenoxy) is 2. The van der Waals surface area contributed by atoms with Gasteiger partial charge in [-0.05, 0) is 34.6 Å². The Morgan fingerprint density at radius 1 is 1.29 bits per heavy atom. The third-order valence-corrected chi connectivity index (χ3v) is 2.11. The number of carbonyl (C=O) groups is 2. The van der Waals surface area contributed by atoms with Crippen LogP contribution in [-0.2, 0) is 14.3 Å². The lowest BCUT2D eigenvalue weighted by atomic mass is 10.2. The predicted molar refractivity (Wildman–Crippen MR) is 64.7 cm³/mol. The maximum Gasteiger partial charge on any atom is 0.410 e. The molecule has 0 rings (SSSR count). The van der Waals surface area contributed by atoms with E-state index in [1.165, 1.54) is 4.90 Å². The van der Waals surface area contributed by atoms with Gasteiger partial charge in [0.1, 0.15) is 5.60 Å². The van der Waals surface area contributed by atoms with Crippen LogP contribution in [0.25, 0.3) is 0 Å². The molecule has 1 unspecified atom stereocenters. The summed E-state index contributed by atoms with van der Waals surface area (Å²) < 4.78 is 10.0. The lowest BCUT2D eigenvalue weighted by molar-refractivity contribution is -0.144. The van der Waals surface area contributed by atoms with Crippen molar-refractivity contribution in [3.63, 3.8) is 0 Å². The number of esters is 1. The highest BCUT2D eigenvalue weighted by Crippen LogP contribution is 2.12. The number of carbonyl (C=O) groups excluding carboxylic acids is 2. The zero-order valence-electron chi connectivity index (χ0n) is 11.6. The van der Waals surface area contributed by atoms with E-state index >= 15 is 0 Å². The number of rotatable bonds is 4. The van der Waals surface area contributed by atoms with Crippen LogP contribution in [0.3, 0.4) is 0 Å². The Hall–Kier alpha value is -1.26. The molecule has 0 aliphatic rings. The first-order valence-electron chi connectivity index (χ1n) is 5.78. The molecular formula is C12H23NO4. The average molecular weight is 245 g/mol. The number of hydrogen-bond acceptors (Lipinski definition) is 4. The van der Waals surface area contributed by atoms with Crippen LogP contribution >= 0.6 is 0 Å². The molecular weight excluding hydrogens is 222 g/mol. The monoisotopic (exact) mass is 245 g/mol. The SMILES string of the molecule is CCOC(=O)CC(C)N(C)C(=O)OC(C)(C)C. The van der Waals surface area contributed by atoms with Gasteiger partial charge in [-0.15, -0.1) is 0 Å². The van der Waals surface area contributed by atoms with Gasteiger partial charge >= 0.3 is 12.1 Å². The zero-order valence-corrected chi connectivity index (χ0v) is 11.6. The van der Waals surface area contributed by atoms with Crippen molar-refractivity contribution >= 4 is 12.1 Å². The Morgan fingerprint density at radius 3 is 2.24 bits per heavy atom. The molecule has 0 bridgehead atoms. The minimum Gasteiger partial charge on any atom is -0.466 e. The first-order valence-corrected chi connectivity index (χ1v) is 5.78. The summed E-state index contributed by atoms with van der Waals surface area (Å²) >= 11 is 0. The Morgan fingerprint density at radius 2 is 1.82 bits per heavy atom. The minimum absolute atomic E-state index is 0.170. The molecule has 5 nitrogen and oxygen atoms in total. The standard InChI is InChI=1S/C12H23NO4/c1-7-16-10(14)8-9(2)13(6)11(15)17-12(3,4)5/h9H,7-8H2,1-6H3. The van der Waals surface area contributed by atoms with Crippen LogP contribution in [0, 0.1) is 0 Å². The summed E-state index contributed by atoms with van der Waals surface area (Å²) in [6, 6.07) is -0.246. The van der Waals surface area contributed by atoms with Crippen LogP contribution in [0.4, 0.5) is 4.79 Å². The molecule has 5 heteroatoms. The molecule has 0 fully saturated rings. The maximum atomic E-state index is 11.7. The molecule has 0 saturated heterocycles. The number of amides is 1. The molecule has 0 saturated carbocycles. The molecule has 1 atom stereocenters. The van der Waals surface area contributed by atoms with Crippen LogP contribution in [0.15, 0.2) is 0 Å². The van der Waals surface area contributed by atoms with Gasteiger partial charge in [0.2, 0.25) is 0 Å². The van der Waals surface area contributed by atoms with Crippen LogP contribution in [0.1, 0.15) is 41.0 Å². The van der Waals surface area contributed by atoms with Crippen molar-refractivity contribution in [3.05, 3.63) is 0 Å². The predicted octanol–water partition coefficient (Wildman–Crippen LogP) is 2.20. The summed E-state index contributed by atoms with van der Waals surface area (Å²) in [5.41, 5.74) is -0.533. The summed E-state index contributed by atoms with van der Waals surface area (Å²) in [7, 11) is 1.61. The van der Waals surface area contributed by atoms with Gasteiger partial charge in [-0.2, -0.15) is 0 Å². The maximum absolute atomic E-state index is 11.7.